The number of benzene rings is 2. The van der Waals surface area contributed by atoms with E-state index >= 15 is 0 Å². The number of nitrogens with one attached hydrogen (secondary N) is 1. The van der Waals surface area contributed by atoms with Gasteiger partial charge in [-0.15, -0.1) is 0 Å². The second-order valence-corrected chi connectivity index (χ2v) is 6.32. The molecule has 0 bridgehead atoms. The van der Waals surface area contributed by atoms with Crippen LogP contribution in [0.5, 0.6) is 0 Å². The largest absolute Gasteiger partial charge is 0.353 e. The van der Waals surface area contributed by atoms with E-state index in [-0.39, 0.29) is 0 Å². The van der Waals surface area contributed by atoms with Crippen molar-refractivity contribution in [2.24, 2.45) is 0 Å². The first-order chi connectivity index (χ1) is 8.13. The molecule has 2 aromatic rings. The highest BCUT2D eigenvalue weighted by atomic mass is 79.9. The zero-order valence-corrected chi connectivity index (χ0v) is 12.1. The second kappa shape index (κ2) is 4.07. The molecule has 0 spiro atoms. The number of hydrogen-bond acceptors (Lipinski definition) is 2. The molecule has 3 heteroatoms. The van der Waals surface area contributed by atoms with Gasteiger partial charge in [0.1, 0.15) is 0 Å². The van der Waals surface area contributed by atoms with Crippen LogP contribution in [0.3, 0.4) is 0 Å². The standard InChI is InChI=1S/C14H12BrNS/c1-8-5-9(2)14-13(6-8)17-12-7-10(15)3-4-11(12)16-14/h3-7,16H,1-2H3. The molecule has 0 unspecified atom stereocenters. The minimum atomic E-state index is 1.12. The van der Waals surface area contributed by atoms with E-state index in [9.17, 15) is 0 Å². The van der Waals surface area contributed by atoms with Crippen molar-refractivity contribution in [3.05, 3.63) is 45.9 Å². The third-order valence-electron chi connectivity index (χ3n) is 2.87. The van der Waals surface area contributed by atoms with Crippen LogP contribution in [0.1, 0.15) is 11.1 Å². The zero-order chi connectivity index (χ0) is 12.0. The Labute approximate surface area is 114 Å². The van der Waals surface area contributed by atoms with E-state index in [1.165, 1.54) is 32.3 Å². The molecular formula is C14H12BrNS. The third kappa shape index (κ3) is 1.98. The van der Waals surface area contributed by atoms with Gasteiger partial charge in [-0.25, -0.2) is 0 Å². The topological polar surface area (TPSA) is 12.0 Å². The lowest BCUT2D eigenvalue weighted by atomic mass is 10.1. The summed E-state index contributed by atoms with van der Waals surface area (Å²) in [6.45, 7) is 4.30. The normalized spacial score (nSPS) is 12.6. The van der Waals surface area contributed by atoms with Gasteiger partial charge in [0.25, 0.3) is 0 Å². The van der Waals surface area contributed by atoms with Crippen LogP contribution < -0.4 is 5.32 Å². The molecule has 0 saturated carbocycles. The smallest absolute Gasteiger partial charge is 0.0556 e. The van der Waals surface area contributed by atoms with E-state index in [1.807, 2.05) is 11.8 Å². The molecule has 1 nitrogen and oxygen atoms in total. The van der Waals surface area contributed by atoms with Gasteiger partial charge in [0.05, 0.1) is 11.4 Å². The summed E-state index contributed by atoms with van der Waals surface area (Å²) in [5.74, 6) is 0. The van der Waals surface area contributed by atoms with E-state index in [2.05, 4.69) is 65.4 Å². The van der Waals surface area contributed by atoms with Gasteiger partial charge in [0.2, 0.25) is 0 Å². The average molecular weight is 306 g/mol. The monoisotopic (exact) mass is 305 g/mol. The van der Waals surface area contributed by atoms with E-state index in [4.69, 9.17) is 0 Å². The maximum absolute atomic E-state index is 3.52. The highest BCUT2D eigenvalue weighted by Crippen LogP contribution is 2.46. The predicted octanol–water partition coefficient (Wildman–Crippen LogP) is 5.27. The van der Waals surface area contributed by atoms with Crippen molar-refractivity contribution in [1.82, 2.24) is 0 Å². The Bertz CT molecular complexity index is 607. The summed E-state index contributed by atoms with van der Waals surface area (Å²) in [6.07, 6.45) is 0. The lowest BCUT2D eigenvalue weighted by molar-refractivity contribution is 1.24. The Kier molecular flexibility index (Phi) is 2.68. The van der Waals surface area contributed by atoms with Gasteiger partial charge < -0.3 is 5.32 Å². The lowest BCUT2D eigenvalue weighted by Gasteiger charge is -2.23. The third-order valence-corrected chi connectivity index (χ3v) is 4.46. The molecule has 0 radical (unpaired) electrons. The van der Waals surface area contributed by atoms with Crippen molar-refractivity contribution in [2.75, 3.05) is 5.32 Å². The Morgan fingerprint density at radius 3 is 2.71 bits per heavy atom. The van der Waals surface area contributed by atoms with Crippen molar-refractivity contribution in [3.8, 4) is 0 Å². The molecule has 0 fully saturated rings. The zero-order valence-electron chi connectivity index (χ0n) is 9.67. The maximum atomic E-state index is 3.52. The summed E-state index contributed by atoms with van der Waals surface area (Å²) in [7, 11) is 0. The number of anilines is 2. The van der Waals surface area contributed by atoms with Crippen molar-refractivity contribution in [1.29, 1.82) is 0 Å². The van der Waals surface area contributed by atoms with Gasteiger partial charge in [-0.1, -0.05) is 33.8 Å². The molecule has 86 valence electrons. The van der Waals surface area contributed by atoms with E-state index in [0.717, 1.165) is 4.47 Å². The summed E-state index contributed by atoms with van der Waals surface area (Å²) in [4.78, 5) is 2.59. The van der Waals surface area contributed by atoms with Crippen LogP contribution in [-0.4, -0.2) is 0 Å². The number of halogens is 1. The fourth-order valence-electron chi connectivity index (χ4n) is 2.11. The van der Waals surface area contributed by atoms with Gasteiger partial charge >= 0.3 is 0 Å². The predicted molar refractivity (Wildman–Crippen MR) is 77.5 cm³/mol. The summed E-state index contributed by atoms with van der Waals surface area (Å²) in [5.41, 5.74) is 5.06. The summed E-state index contributed by atoms with van der Waals surface area (Å²) >= 11 is 5.35. The molecule has 3 rings (SSSR count). The van der Waals surface area contributed by atoms with Crippen LogP contribution in [-0.2, 0) is 0 Å². The van der Waals surface area contributed by atoms with Gasteiger partial charge in [-0.2, -0.15) is 0 Å². The highest BCUT2D eigenvalue weighted by molar-refractivity contribution is 9.10. The number of fused-ring (bicyclic) bond motifs is 2. The van der Waals surface area contributed by atoms with E-state index < -0.39 is 0 Å². The first-order valence-electron chi connectivity index (χ1n) is 5.49. The fourth-order valence-corrected chi connectivity index (χ4v) is 3.83. The molecule has 0 aliphatic carbocycles. The van der Waals surface area contributed by atoms with Crippen molar-refractivity contribution < 1.29 is 0 Å². The van der Waals surface area contributed by atoms with Crippen LogP contribution in [0.15, 0.2) is 44.6 Å². The number of hydrogen-bond donors (Lipinski definition) is 1. The molecule has 1 heterocycles. The van der Waals surface area contributed by atoms with Crippen LogP contribution in [0.25, 0.3) is 0 Å². The molecule has 2 aromatic carbocycles. The number of rotatable bonds is 0. The molecule has 0 atom stereocenters. The molecule has 0 amide bonds. The first kappa shape index (κ1) is 11.2. The van der Waals surface area contributed by atoms with Gasteiger partial charge in [-0.05, 0) is 49.2 Å². The minimum absolute atomic E-state index is 1.12. The van der Waals surface area contributed by atoms with Crippen molar-refractivity contribution >= 4 is 39.1 Å². The van der Waals surface area contributed by atoms with Crippen LogP contribution in [0.4, 0.5) is 11.4 Å². The van der Waals surface area contributed by atoms with Crippen molar-refractivity contribution in [3.63, 3.8) is 0 Å². The summed E-state index contributed by atoms with van der Waals surface area (Å²) < 4.78 is 1.12. The Morgan fingerprint density at radius 2 is 1.88 bits per heavy atom. The molecule has 0 saturated heterocycles. The molecule has 1 aliphatic rings. The van der Waals surface area contributed by atoms with E-state index in [1.54, 1.807) is 0 Å². The van der Waals surface area contributed by atoms with Gasteiger partial charge in [-0.3, -0.25) is 0 Å². The Hall–Kier alpha value is -0.930. The molecule has 0 aromatic heterocycles. The Balaban J connectivity index is 2.14. The van der Waals surface area contributed by atoms with E-state index in [0.29, 0.717) is 0 Å². The fraction of sp³-hybridized carbons (Fsp3) is 0.143. The van der Waals surface area contributed by atoms with Crippen molar-refractivity contribution in [2.45, 2.75) is 23.6 Å². The maximum Gasteiger partial charge on any atom is 0.0556 e. The minimum Gasteiger partial charge on any atom is -0.353 e. The Morgan fingerprint density at radius 1 is 1.06 bits per heavy atom. The summed E-state index contributed by atoms with van der Waals surface area (Å²) in [5, 5.41) is 3.52. The molecule has 1 aliphatic heterocycles. The molecule has 1 N–H and O–H groups in total. The first-order valence-corrected chi connectivity index (χ1v) is 7.10. The quantitative estimate of drug-likeness (QED) is 0.607. The highest BCUT2D eigenvalue weighted by Gasteiger charge is 2.17. The van der Waals surface area contributed by atoms with Crippen LogP contribution >= 0.6 is 27.7 Å². The van der Waals surface area contributed by atoms with Gasteiger partial charge in [0.15, 0.2) is 0 Å². The number of aryl methyl sites for hydroxylation is 2. The molecular weight excluding hydrogens is 294 g/mol. The lowest BCUT2D eigenvalue weighted by Crippen LogP contribution is -2.02. The second-order valence-electron chi connectivity index (χ2n) is 4.32. The van der Waals surface area contributed by atoms with Crippen LogP contribution in [0.2, 0.25) is 0 Å². The SMILES string of the molecule is Cc1cc(C)c2c(c1)Sc1cc(Br)ccc1N2. The average Bonchev–Trinajstić information content (AvgIpc) is 2.26. The summed E-state index contributed by atoms with van der Waals surface area (Å²) in [6, 6.07) is 10.8. The molecule has 17 heavy (non-hydrogen) atoms. The van der Waals surface area contributed by atoms with Gasteiger partial charge in [0, 0.05) is 14.3 Å². The van der Waals surface area contributed by atoms with Crippen LogP contribution in [0, 0.1) is 13.8 Å².